The Kier molecular flexibility index (Phi) is 3.75. The van der Waals surface area contributed by atoms with Gasteiger partial charge < -0.3 is 4.57 Å². The highest BCUT2D eigenvalue weighted by atomic mass is 35.5. The number of benzene rings is 2. The highest BCUT2D eigenvalue weighted by Gasteiger charge is 2.12. The first-order chi connectivity index (χ1) is 10.0. The van der Waals surface area contributed by atoms with E-state index in [1.807, 2.05) is 23.8 Å². The monoisotopic (exact) mass is 317 g/mol. The number of hydrogen-bond donors (Lipinski definition) is 0. The summed E-state index contributed by atoms with van der Waals surface area (Å²) in [5, 5.41) is 2.04. The van der Waals surface area contributed by atoms with Gasteiger partial charge in [0.25, 0.3) is 0 Å². The van der Waals surface area contributed by atoms with Crippen LogP contribution in [0.3, 0.4) is 0 Å². The highest BCUT2D eigenvalue weighted by Crippen LogP contribution is 2.23. The van der Waals surface area contributed by atoms with Crippen LogP contribution in [-0.4, -0.2) is 10.4 Å². The van der Waals surface area contributed by atoms with Crippen molar-refractivity contribution in [1.82, 2.24) is 4.57 Å². The molecule has 0 amide bonds. The summed E-state index contributed by atoms with van der Waals surface area (Å²) in [6, 6.07) is 13.1. The van der Waals surface area contributed by atoms with Crippen molar-refractivity contribution in [3.05, 3.63) is 69.8 Å². The molecule has 106 valence electrons. The molecule has 3 aromatic rings. The molecule has 0 unspecified atom stereocenters. The van der Waals surface area contributed by atoms with Crippen LogP contribution in [0.25, 0.3) is 10.9 Å². The Hall–Kier alpha value is -1.77. The van der Waals surface area contributed by atoms with E-state index in [1.165, 1.54) is 5.56 Å². The van der Waals surface area contributed by atoms with Gasteiger partial charge in [0.2, 0.25) is 0 Å². The fourth-order valence-corrected chi connectivity index (χ4v) is 2.90. The van der Waals surface area contributed by atoms with Crippen LogP contribution in [0.2, 0.25) is 10.0 Å². The van der Waals surface area contributed by atoms with Crippen molar-refractivity contribution in [3.63, 3.8) is 0 Å². The normalized spacial score (nSPS) is 11.0. The summed E-state index contributed by atoms with van der Waals surface area (Å²) in [6.45, 7) is 2.29. The Morgan fingerprint density at radius 2 is 1.90 bits per heavy atom. The zero-order valence-electron chi connectivity index (χ0n) is 11.4. The SMILES string of the molecule is Cc1ccc2ccn(CC(=O)c3ccc(Cl)cc3Cl)c2c1. The lowest BCUT2D eigenvalue weighted by Gasteiger charge is -2.07. The Morgan fingerprint density at radius 1 is 1.10 bits per heavy atom. The van der Waals surface area contributed by atoms with Crippen LogP contribution in [0.4, 0.5) is 0 Å². The first-order valence-electron chi connectivity index (χ1n) is 6.58. The number of carbonyl (C=O) groups is 1. The molecule has 0 saturated carbocycles. The van der Waals surface area contributed by atoms with Crippen molar-refractivity contribution in [2.45, 2.75) is 13.5 Å². The second-order valence-electron chi connectivity index (χ2n) is 5.05. The molecule has 0 atom stereocenters. The summed E-state index contributed by atoms with van der Waals surface area (Å²) in [7, 11) is 0. The third-order valence-corrected chi connectivity index (χ3v) is 4.02. The van der Waals surface area contributed by atoms with E-state index in [0.717, 1.165) is 10.9 Å². The van der Waals surface area contributed by atoms with Crippen LogP contribution in [0.15, 0.2) is 48.7 Å². The van der Waals surface area contributed by atoms with E-state index in [0.29, 0.717) is 15.6 Å². The molecule has 21 heavy (non-hydrogen) atoms. The highest BCUT2D eigenvalue weighted by molar-refractivity contribution is 6.36. The Balaban J connectivity index is 1.94. The largest absolute Gasteiger partial charge is 0.340 e. The molecule has 0 aliphatic rings. The van der Waals surface area contributed by atoms with E-state index in [2.05, 4.69) is 18.2 Å². The van der Waals surface area contributed by atoms with Crippen molar-refractivity contribution in [1.29, 1.82) is 0 Å². The number of nitrogens with zero attached hydrogens (tertiary/aromatic N) is 1. The molecule has 0 saturated heterocycles. The number of aryl methyl sites for hydroxylation is 1. The van der Waals surface area contributed by atoms with Crippen molar-refractivity contribution in [3.8, 4) is 0 Å². The van der Waals surface area contributed by atoms with Gasteiger partial charge in [0.15, 0.2) is 5.78 Å². The number of ketones is 1. The smallest absolute Gasteiger partial charge is 0.183 e. The summed E-state index contributed by atoms with van der Waals surface area (Å²) >= 11 is 12.0. The van der Waals surface area contributed by atoms with Gasteiger partial charge in [-0.05, 0) is 48.2 Å². The second kappa shape index (κ2) is 5.55. The first kappa shape index (κ1) is 14.2. The molecular weight excluding hydrogens is 305 g/mol. The second-order valence-corrected chi connectivity index (χ2v) is 5.90. The summed E-state index contributed by atoms with van der Waals surface area (Å²) in [5.41, 5.74) is 2.71. The molecule has 1 aromatic heterocycles. The van der Waals surface area contributed by atoms with Crippen LogP contribution in [0.5, 0.6) is 0 Å². The van der Waals surface area contributed by atoms with Crippen LogP contribution in [0.1, 0.15) is 15.9 Å². The minimum atomic E-state index is -0.0318. The molecule has 1 heterocycles. The van der Waals surface area contributed by atoms with E-state index < -0.39 is 0 Å². The van der Waals surface area contributed by atoms with Crippen LogP contribution >= 0.6 is 23.2 Å². The predicted molar refractivity (Wildman–Crippen MR) is 87.5 cm³/mol. The van der Waals surface area contributed by atoms with E-state index in [4.69, 9.17) is 23.2 Å². The van der Waals surface area contributed by atoms with Crippen LogP contribution < -0.4 is 0 Å². The molecule has 2 aromatic carbocycles. The molecule has 0 spiro atoms. The Bertz CT molecular complexity index is 836. The molecular formula is C17H13Cl2NO. The van der Waals surface area contributed by atoms with Crippen molar-refractivity contribution >= 4 is 39.9 Å². The summed E-state index contributed by atoms with van der Waals surface area (Å²) in [5.74, 6) is -0.0318. The predicted octanol–water partition coefficient (Wildman–Crippen LogP) is 5.14. The maximum absolute atomic E-state index is 12.4. The third kappa shape index (κ3) is 2.82. The van der Waals surface area contributed by atoms with E-state index >= 15 is 0 Å². The number of hydrogen-bond acceptors (Lipinski definition) is 1. The summed E-state index contributed by atoms with van der Waals surface area (Å²) < 4.78 is 1.94. The van der Waals surface area contributed by atoms with Crippen molar-refractivity contribution in [2.24, 2.45) is 0 Å². The number of rotatable bonds is 3. The maximum atomic E-state index is 12.4. The molecule has 0 N–H and O–H groups in total. The molecule has 0 radical (unpaired) electrons. The summed E-state index contributed by atoms with van der Waals surface area (Å²) in [6.07, 6.45) is 1.92. The van der Waals surface area contributed by atoms with Gasteiger partial charge in [0, 0.05) is 22.3 Å². The number of Topliss-reactive ketones (excluding diaryl/α,β-unsaturated/α-hetero) is 1. The molecule has 0 aliphatic heterocycles. The number of halogens is 2. The number of carbonyl (C=O) groups excluding carboxylic acids is 1. The van der Waals surface area contributed by atoms with Crippen molar-refractivity contribution in [2.75, 3.05) is 0 Å². The minimum absolute atomic E-state index is 0.0318. The number of aromatic nitrogens is 1. The van der Waals surface area contributed by atoms with E-state index in [9.17, 15) is 4.79 Å². The lowest BCUT2D eigenvalue weighted by molar-refractivity contribution is 0.0974. The van der Waals surface area contributed by atoms with Gasteiger partial charge in [-0.1, -0.05) is 35.3 Å². The van der Waals surface area contributed by atoms with Gasteiger partial charge in [0.05, 0.1) is 11.6 Å². The van der Waals surface area contributed by atoms with Gasteiger partial charge in [-0.15, -0.1) is 0 Å². The first-order valence-corrected chi connectivity index (χ1v) is 7.34. The standard InChI is InChI=1S/C17H13Cl2NO/c1-11-2-3-12-6-7-20(16(12)8-11)10-17(21)14-5-4-13(18)9-15(14)19/h2-9H,10H2,1H3. The van der Waals surface area contributed by atoms with E-state index in [1.54, 1.807) is 18.2 Å². The van der Waals surface area contributed by atoms with E-state index in [-0.39, 0.29) is 12.3 Å². The molecule has 2 nitrogen and oxygen atoms in total. The quantitative estimate of drug-likeness (QED) is 0.613. The summed E-state index contributed by atoms with van der Waals surface area (Å²) in [4.78, 5) is 12.4. The minimum Gasteiger partial charge on any atom is -0.340 e. The fourth-order valence-electron chi connectivity index (χ4n) is 2.39. The maximum Gasteiger partial charge on any atom is 0.183 e. The van der Waals surface area contributed by atoms with Gasteiger partial charge in [-0.25, -0.2) is 0 Å². The van der Waals surface area contributed by atoms with Gasteiger partial charge in [-0.3, -0.25) is 4.79 Å². The molecule has 0 fully saturated rings. The molecule has 3 rings (SSSR count). The molecule has 0 bridgehead atoms. The van der Waals surface area contributed by atoms with Gasteiger partial charge >= 0.3 is 0 Å². The lowest BCUT2D eigenvalue weighted by atomic mass is 10.1. The third-order valence-electron chi connectivity index (χ3n) is 3.47. The fraction of sp³-hybridized carbons (Fsp3) is 0.118. The van der Waals surface area contributed by atoms with Crippen molar-refractivity contribution < 1.29 is 4.79 Å². The Morgan fingerprint density at radius 3 is 2.67 bits per heavy atom. The zero-order valence-corrected chi connectivity index (χ0v) is 12.9. The van der Waals surface area contributed by atoms with Crippen LogP contribution in [0, 0.1) is 6.92 Å². The Labute approximate surface area is 132 Å². The topological polar surface area (TPSA) is 22.0 Å². The average Bonchev–Trinajstić information content (AvgIpc) is 2.81. The van der Waals surface area contributed by atoms with Crippen LogP contribution in [-0.2, 0) is 6.54 Å². The van der Waals surface area contributed by atoms with Gasteiger partial charge in [0.1, 0.15) is 0 Å². The van der Waals surface area contributed by atoms with Gasteiger partial charge in [-0.2, -0.15) is 0 Å². The lowest BCUT2D eigenvalue weighted by Crippen LogP contribution is -2.10. The molecule has 0 aliphatic carbocycles. The number of fused-ring (bicyclic) bond motifs is 1. The average molecular weight is 318 g/mol. The zero-order chi connectivity index (χ0) is 15.0. The molecule has 4 heteroatoms.